The smallest absolute Gasteiger partial charge is 0.162 e. The number of methoxy groups -OCH3 is 2. The Labute approximate surface area is 126 Å². The molecule has 1 unspecified atom stereocenters. The lowest BCUT2D eigenvalue weighted by atomic mass is 9.94. The summed E-state index contributed by atoms with van der Waals surface area (Å²) in [7, 11) is 3.18. The number of carbonyl (C=O) groups is 1. The van der Waals surface area contributed by atoms with Gasteiger partial charge < -0.3 is 9.47 Å². The highest BCUT2D eigenvalue weighted by Crippen LogP contribution is 2.34. The zero-order valence-corrected chi connectivity index (χ0v) is 13.4. The summed E-state index contributed by atoms with van der Waals surface area (Å²) < 4.78 is 10.5. The maximum Gasteiger partial charge on any atom is 0.162 e. The molecule has 1 rings (SSSR count). The summed E-state index contributed by atoms with van der Waals surface area (Å²) in [5.74, 6) is 1.87. The van der Waals surface area contributed by atoms with Crippen LogP contribution < -0.4 is 9.47 Å². The minimum Gasteiger partial charge on any atom is -0.493 e. The average molecular weight is 299 g/mol. The van der Waals surface area contributed by atoms with Crippen molar-refractivity contribution in [3.63, 3.8) is 0 Å². The summed E-state index contributed by atoms with van der Waals surface area (Å²) in [5, 5.41) is 0.650. The second kappa shape index (κ2) is 8.15. The molecule has 0 saturated heterocycles. The number of hydrogen-bond donors (Lipinski definition) is 0. The first-order chi connectivity index (χ1) is 9.51. The molecule has 0 heterocycles. The number of rotatable bonds is 8. The molecule has 3 nitrogen and oxygen atoms in total. The summed E-state index contributed by atoms with van der Waals surface area (Å²) >= 11 is 6.26. The van der Waals surface area contributed by atoms with Crippen molar-refractivity contribution in [3.8, 4) is 11.5 Å². The van der Waals surface area contributed by atoms with Gasteiger partial charge in [-0.3, -0.25) is 4.79 Å². The van der Waals surface area contributed by atoms with E-state index in [-0.39, 0.29) is 5.92 Å². The van der Waals surface area contributed by atoms with Crippen molar-refractivity contribution >= 4 is 17.4 Å². The maximum atomic E-state index is 11.7. The maximum absolute atomic E-state index is 11.7. The molecule has 0 N–H and O–H groups in total. The van der Waals surface area contributed by atoms with E-state index in [1.165, 1.54) is 0 Å². The van der Waals surface area contributed by atoms with Gasteiger partial charge in [0.2, 0.25) is 0 Å². The predicted molar refractivity (Wildman–Crippen MR) is 82.0 cm³/mol. The monoisotopic (exact) mass is 298 g/mol. The number of carbonyl (C=O) groups excluding carboxylic acids is 1. The molecule has 0 aliphatic carbocycles. The van der Waals surface area contributed by atoms with Crippen LogP contribution in [0.3, 0.4) is 0 Å². The number of benzene rings is 1. The Morgan fingerprint density at radius 3 is 2.40 bits per heavy atom. The Morgan fingerprint density at radius 1 is 1.25 bits per heavy atom. The second-order valence-electron chi connectivity index (χ2n) is 5.10. The molecule has 0 aliphatic rings. The first kappa shape index (κ1) is 16.8. The SMILES string of the molecule is CCCC(=O)CC(C)Cc1cc(OC)c(OC)cc1Cl. The topological polar surface area (TPSA) is 35.5 Å². The first-order valence-electron chi connectivity index (χ1n) is 6.93. The number of ether oxygens (including phenoxy) is 2. The van der Waals surface area contributed by atoms with Crippen molar-refractivity contribution < 1.29 is 14.3 Å². The van der Waals surface area contributed by atoms with Crippen LogP contribution >= 0.6 is 11.6 Å². The van der Waals surface area contributed by atoms with E-state index in [0.717, 1.165) is 18.4 Å². The zero-order valence-electron chi connectivity index (χ0n) is 12.7. The van der Waals surface area contributed by atoms with E-state index in [9.17, 15) is 4.79 Å². The van der Waals surface area contributed by atoms with Gasteiger partial charge in [0.1, 0.15) is 5.78 Å². The van der Waals surface area contributed by atoms with Gasteiger partial charge in [-0.1, -0.05) is 25.4 Å². The highest BCUT2D eigenvalue weighted by molar-refractivity contribution is 6.31. The van der Waals surface area contributed by atoms with Gasteiger partial charge in [-0.2, -0.15) is 0 Å². The lowest BCUT2D eigenvalue weighted by Gasteiger charge is -2.15. The van der Waals surface area contributed by atoms with Crippen LogP contribution in [0.4, 0.5) is 0 Å². The quantitative estimate of drug-likeness (QED) is 0.718. The number of halogens is 1. The lowest BCUT2D eigenvalue weighted by molar-refractivity contribution is -0.119. The third-order valence-electron chi connectivity index (χ3n) is 3.23. The van der Waals surface area contributed by atoms with Gasteiger partial charge in [-0.25, -0.2) is 0 Å². The van der Waals surface area contributed by atoms with E-state index >= 15 is 0 Å². The molecule has 0 radical (unpaired) electrons. The van der Waals surface area contributed by atoms with E-state index < -0.39 is 0 Å². The van der Waals surface area contributed by atoms with Crippen LogP contribution in [0.15, 0.2) is 12.1 Å². The van der Waals surface area contributed by atoms with E-state index in [2.05, 4.69) is 6.92 Å². The van der Waals surface area contributed by atoms with Gasteiger partial charge in [0.25, 0.3) is 0 Å². The fraction of sp³-hybridized carbons (Fsp3) is 0.562. The molecule has 0 amide bonds. The van der Waals surface area contributed by atoms with Crippen molar-refractivity contribution in [2.45, 2.75) is 39.5 Å². The molecular weight excluding hydrogens is 276 g/mol. The van der Waals surface area contributed by atoms with Gasteiger partial charge in [-0.15, -0.1) is 0 Å². The van der Waals surface area contributed by atoms with Gasteiger partial charge >= 0.3 is 0 Å². The van der Waals surface area contributed by atoms with Gasteiger partial charge in [0.15, 0.2) is 11.5 Å². The van der Waals surface area contributed by atoms with Crippen molar-refractivity contribution in [2.75, 3.05) is 14.2 Å². The zero-order chi connectivity index (χ0) is 15.1. The predicted octanol–water partition coefficient (Wildman–Crippen LogP) is 4.30. The molecule has 0 saturated carbocycles. The highest BCUT2D eigenvalue weighted by atomic mass is 35.5. The summed E-state index contributed by atoms with van der Waals surface area (Å²) in [6.07, 6.45) is 2.92. The molecule has 4 heteroatoms. The van der Waals surface area contributed by atoms with Crippen molar-refractivity contribution in [1.82, 2.24) is 0 Å². The Kier molecular flexibility index (Phi) is 6.86. The molecular formula is C16H23ClO3. The van der Waals surface area contributed by atoms with Crippen LogP contribution in [0.1, 0.15) is 38.7 Å². The number of Topliss-reactive ketones (excluding diaryl/α,β-unsaturated/α-hetero) is 1. The molecule has 0 fully saturated rings. The molecule has 1 aromatic rings. The molecule has 20 heavy (non-hydrogen) atoms. The standard InChI is InChI=1S/C16H23ClO3/c1-5-6-13(18)8-11(2)7-12-9-15(19-3)16(20-4)10-14(12)17/h9-11H,5-8H2,1-4H3. The van der Waals surface area contributed by atoms with Crippen LogP contribution in [0, 0.1) is 5.92 Å². The van der Waals surface area contributed by atoms with E-state index in [1.807, 2.05) is 13.0 Å². The van der Waals surface area contributed by atoms with Crippen LogP contribution in [0.2, 0.25) is 5.02 Å². The molecule has 0 spiro atoms. The number of hydrogen-bond acceptors (Lipinski definition) is 3. The molecule has 0 bridgehead atoms. The summed E-state index contributed by atoms with van der Waals surface area (Å²) in [6, 6.07) is 3.65. The van der Waals surface area contributed by atoms with E-state index in [4.69, 9.17) is 21.1 Å². The third kappa shape index (κ3) is 4.71. The molecule has 1 aromatic carbocycles. The summed E-state index contributed by atoms with van der Waals surface area (Å²) in [5.41, 5.74) is 0.987. The van der Waals surface area contributed by atoms with Gasteiger partial charge in [-0.05, 0) is 30.4 Å². The minimum atomic E-state index is 0.268. The first-order valence-corrected chi connectivity index (χ1v) is 7.31. The minimum absolute atomic E-state index is 0.268. The lowest BCUT2D eigenvalue weighted by Crippen LogP contribution is -2.08. The largest absolute Gasteiger partial charge is 0.493 e. The normalized spacial score (nSPS) is 12.1. The molecule has 0 aromatic heterocycles. The fourth-order valence-corrected chi connectivity index (χ4v) is 2.50. The fourth-order valence-electron chi connectivity index (χ4n) is 2.27. The van der Waals surface area contributed by atoms with Gasteiger partial charge in [0, 0.05) is 23.9 Å². The van der Waals surface area contributed by atoms with E-state index in [1.54, 1.807) is 20.3 Å². The Hall–Kier alpha value is -1.22. The summed E-state index contributed by atoms with van der Waals surface area (Å²) in [6.45, 7) is 4.09. The Morgan fingerprint density at radius 2 is 1.85 bits per heavy atom. The number of ketones is 1. The Balaban J connectivity index is 2.79. The van der Waals surface area contributed by atoms with Crippen LogP contribution in [-0.2, 0) is 11.2 Å². The van der Waals surface area contributed by atoms with Crippen molar-refractivity contribution in [3.05, 3.63) is 22.7 Å². The molecule has 1 atom stereocenters. The van der Waals surface area contributed by atoms with Crippen molar-refractivity contribution in [2.24, 2.45) is 5.92 Å². The molecule has 112 valence electrons. The van der Waals surface area contributed by atoms with Crippen LogP contribution in [0.5, 0.6) is 11.5 Å². The molecule has 0 aliphatic heterocycles. The second-order valence-corrected chi connectivity index (χ2v) is 5.51. The van der Waals surface area contributed by atoms with Gasteiger partial charge in [0.05, 0.1) is 14.2 Å². The van der Waals surface area contributed by atoms with Crippen molar-refractivity contribution in [1.29, 1.82) is 0 Å². The van der Waals surface area contributed by atoms with Crippen LogP contribution in [-0.4, -0.2) is 20.0 Å². The highest BCUT2D eigenvalue weighted by Gasteiger charge is 2.14. The average Bonchev–Trinajstić information content (AvgIpc) is 2.40. The summed E-state index contributed by atoms with van der Waals surface area (Å²) in [4.78, 5) is 11.7. The third-order valence-corrected chi connectivity index (χ3v) is 3.58. The van der Waals surface area contributed by atoms with E-state index in [0.29, 0.717) is 35.1 Å². The van der Waals surface area contributed by atoms with Crippen LogP contribution in [0.25, 0.3) is 0 Å². The Bertz CT molecular complexity index is 457.